The van der Waals surface area contributed by atoms with E-state index in [9.17, 15) is 0 Å². The molecule has 0 amide bonds. The third-order valence-corrected chi connectivity index (χ3v) is 16.3. The first-order chi connectivity index (χ1) is 35.2. The maximum Gasteiger partial charge on any atom is 0.0542 e. The summed E-state index contributed by atoms with van der Waals surface area (Å²) in [6.45, 7) is 13.5. The average Bonchev–Trinajstić information content (AvgIpc) is 4.10. The van der Waals surface area contributed by atoms with Crippen molar-refractivity contribution in [1.82, 2.24) is 13.7 Å². The Hall–Kier alpha value is -8.40. The SMILES string of the molecule is Cc1cc(C)c(CCC2c3ccccc3-c3cc(-c4ccc5c(c4)c4ccccc4n5-c4ccc5c(c4)c4cc(-n6c7ccccc7c7ccccc76)ccc4n5-c4c(C)cc(C)cc4C)ccc32)c(C)c1. The maximum atomic E-state index is 2.51. The van der Waals surface area contributed by atoms with E-state index in [2.05, 4.69) is 249 Å². The molecule has 0 spiro atoms. The number of rotatable bonds is 7. The zero-order valence-electron chi connectivity index (χ0n) is 41.8. The van der Waals surface area contributed by atoms with Crippen LogP contribution in [0.2, 0.25) is 0 Å². The molecule has 0 radical (unpaired) electrons. The molecule has 0 aliphatic heterocycles. The lowest BCUT2D eigenvalue weighted by Gasteiger charge is -2.17. The Morgan fingerprint density at radius 2 is 0.764 bits per heavy atom. The van der Waals surface area contributed by atoms with Crippen LogP contribution in [0, 0.1) is 41.5 Å². The highest BCUT2D eigenvalue weighted by Gasteiger charge is 2.29. The molecule has 0 bridgehead atoms. The van der Waals surface area contributed by atoms with Gasteiger partial charge in [0, 0.05) is 49.6 Å². The summed E-state index contributed by atoms with van der Waals surface area (Å²) in [4.78, 5) is 0. The van der Waals surface area contributed by atoms with E-state index in [-0.39, 0.29) is 0 Å². The monoisotopic (exact) mass is 925 g/mol. The summed E-state index contributed by atoms with van der Waals surface area (Å²) in [5, 5.41) is 7.51. The molecule has 3 heterocycles. The van der Waals surface area contributed by atoms with Crippen molar-refractivity contribution in [2.75, 3.05) is 0 Å². The smallest absolute Gasteiger partial charge is 0.0542 e. The van der Waals surface area contributed by atoms with Crippen molar-refractivity contribution in [3.05, 3.63) is 244 Å². The summed E-state index contributed by atoms with van der Waals surface area (Å²) in [7, 11) is 0. The van der Waals surface area contributed by atoms with Crippen LogP contribution in [0.3, 0.4) is 0 Å². The van der Waals surface area contributed by atoms with Crippen molar-refractivity contribution in [3.63, 3.8) is 0 Å². The molecule has 0 saturated heterocycles. The number of aryl methyl sites for hydroxylation is 6. The Labute approximate surface area is 420 Å². The molecular formula is C69H55N3. The van der Waals surface area contributed by atoms with Gasteiger partial charge in [-0.3, -0.25) is 0 Å². The van der Waals surface area contributed by atoms with Crippen molar-refractivity contribution in [2.45, 2.75) is 60.3 Å². The van der Waals surface area contributed by atoms with Crippen LogP contribution in [0.15, 0.2) is 194 Å². The average molecular weight is 926 g/mol. The largest absolute Gasteiger partial charge is 0.309 e. The number of fused-ring (bicyclic) bond motifs is 12. The summed E-state index contributed by atoms with van der Waals surface area (Å²) >= 11 is 0. The fraction of sp³-hybridized carbons (Fsp3) is 0.130. The Bertz CT molecular complexity index is 4310. The van der Waals surface area contributed by atoms with Crippen molar-refractivity contribution in [1.29, 1.82) is 0 Å². The van der Waals surface area contributed by atoms with Gasteiger partial charge in [-0.1, -0.05) is 132 Å². The second-order valence-corrected chi connectivity index (χ2v) is 20.8. The fourth-order valence-electron chi connectivity index (χ4n) is 13.4. The molecule has 0 N–H and O–H groups in total. The highest BCUT2D eigenvalue weighted by Crippen LogP contribution is 2.49. The summed E-state index contributed by atoms with van der Waals surface area (Å²) in [6.07, 6.45) is 2.17. The molecule has 346 valence electrons. The molecule has 1 atom stereocenters. The molecule has 1 unspecified atom stereocenters. The lowest BCUT2D eigenvalue weighted by atomic mass is 9.87. The molecule has 1 aliphatic rings. The first-order valence-electron chi connectivity index (χ1n) is 25.7. The molecule has 0 fully saturated rings. The normalized spacial score (nSPS) is 13.4. The lowest BCUT2D eigenvalue weighted by Crippen LogP contribution is -2.02. The molecule has 72 heavy (non-hydrogen) atoms. The van der Waals surface area contributed by atoms with Crippen LogP contribution in [-0.4, -0.2) is 13.7 Å². The van der Waals surface area contributed by atoms with Gasteiger partial charge in [0.1, 0.15) is 0 Å². The second-order valence-electron chi connectivity index (χ2n) is 20.8. The first kappa shape index (κ1) is 42.5. The molecule has 0 saturated carbocycles. The summed E-state index contributed by atoms with van der Waals surface area (Å²) < 4.78 is 7.43. The van der Waals surface area contributed by atoms with Gasteiger partial charge in [0.15, 0.2) is 0 Å². The minimum Gasteiger partial charge on any atom is -0.309 e. The third-order valence-electron chi connectivity index (χ3n) is 16.3. The van der Waals surface area contributed by atoms with E-state index >= 15 is 0 Å². The van der Waals surface area contributed by atoms with Crippen molar-refractivity contribution in [3.8, 4) is 39.3 Å². The van der Waals surface area contributed by atoms with Gasteiger partial charge in [0.2, 0.25) is 0 Å². The molecule has 14 rings (SSSR count). The zero-order valence-corrected chi connectivity index (χ0v) is 41.8. The van der Waals surface area contributed by atoms with Crippen molar-refractivity contribution >= 4 is 65.4 Å². The van der Waals surface area contributed by atoms with Gasteiger partial charge in [-0.15, -0.1) is 0 Å². The van der Waals surface area contributed by atoms with E-state index in [1.807, 2.05) is 0 Å². The molecule has 3 nitrogen and oxygen atoms in total. The minimum atomic E-state index is 0.377. The van der Waals surface area contributed by atoms with E-state index < -0.39 is 0 Å². The highest BCUT2D eigenvalue weighted by molar-refractivity contribution is 6.14. The maximum absolute atomic E-state index is 2.51. The van der Waals surface area contributed by atoms with Gasteiger partial charge < -0.3 is 13.7 Å². The molecule has 10 aromatic carbocycles. The Morgan fingerprint density at radius 3 is 1.36 bits per heavy atom. The van der Waals surface area contributed by atoms with Crippen molar-refractivity contribution in [2.24, 2.45) is 0 Å². The lowest BCUT2D eigenvalue weighted by molar-refractivity contribution is 0.724. The number of nitrogens with zero attached hydrogens (tertiary/aromatic N) is 3. The van der Waals surface area contributed by atoms with E-state index in [0.717, 1.165) is 24.2 Å². The van der Waals surface area contributed by atoms with Crippen LogP contribution in [0.5, 0.6) is 0 Å². The fourth-order valence-corrected chi connectivity index (χ4v) is 13.4. The van der Waals surface area contributed by atoms with E-state index in [1.54, 1.807) is 0 Å². The topological polar surface area (TPSA) is 14.8 Å². The summed E-state index contributed by atoms with van der Waals surface area (Å²) in [5.41, 5.74) is 28.4. The zero-order chi connectivity index (χ0) is 48.5. The quantitative estimate of drug-likeness (QED) is 0.151. The van der Waals surface area contributed by atoms with Gasteiger partial charge in [-0.2, -0.15) is 0 Å². The standard InChI is InChI=1S/C69H55N3/c1-41-33-43(3)51(44(4)34-41)28-29-54-52-15-7-8-16-53(52)59-37-47(23-27-55(54)59)48-24-30-66-60(38-48)58-19-11-14-22-65(58)71(66)50-26-32-68-62(40-50)61-39-49(25-31-67(61)72(68)69-45(5)35-42(2)36-46(69)6)70-63-20-12-9-17-56(63)57-18-10-13-21-64(57)70/h7-27,30-40,54H,28-29H2,1-6H3. The number of benzene rings is 10. The summed E-state index contributed by atoms with van der Waals surface area (Å²) in [5.74, 6) is 0.377. The van der Waals surface area contributed by atoms with Crippen LogP contribution in [-0.2, 0) is 6.42 Å². The van der Waals surface area contributed by atoms with Gasteiger partial charge in [0.05, 0.1) is 38.8 Å². The predicted molar refractivity (Wildman–Crippen MR) is 305 cm³/mol. The predicted octanol–water partition coefficient (Wildman–Crippen LogP) is 18.2. The van der Waals surface area contributed by atoms with E-state index in [4.69, 9.17) is 0 Å². The van der Waals surface area contributed by atoms with Crippen LogP contribution in [0.4, 0.5) is 0 Å². The molecule has 3 heteroatoms. The van der Waals surface area contributed by atoms with Crippen LogP contribution < -0.4 is 0 Å². The Balaban J connectivity index is 0.917. The Kier molecular flexibility index (Phi) is 9.48. The van der Waals surface area contributed by atoms with E-state index in [0.29, 0.717) is 5.92 Å². The molecular weight excluding hydrogens is 871 g/mol. The van der Waals surface area contributed by atoms with Gasteiger partial charge in [0.25, 0.3) is 0 Å². The van der Waals surface area contributed by atoms with Crippen LogP contribution in [0.1, 0.15) is 62.4 Å². The van der Waals surface area contributed by atoms with E-state index in [1.165, 1.54) is 143 Å². The number of aromatic nitrogens is 3. The minimum absolute atomic E-state index is 0.377. The molecule has 13 aromatic rings. The molecule has 3 aromatic heterocycles. The van der Waals surface area contributed by atoms with Crippen molar-refractivity contribution < 1.29 is 0 Å². The third kappa shape index (κ3) is 6.36. The number of hydrogen-bond acceptors (Lipinski definition) is 0. The highest BCUT2D eigenvalue weighted by atomic mass is 15.0. The summed E-state index contributed by atoms with van der Waals surface area (Å²) in [6, 6.07) is 73.6. The van der Waals surface area contributed by atoms with Crippen LogP contribution >= 0.6 is 0 Å². The Morgan fingerprint density at radius 1 is 0.333 bits per heavy atom. The van der Waals surface area contributed by atoms with Gasteiger partial charge in [-0.25, -0.2) is 0 Å². The van der Waals surface area contributed by atoms with Crippen LogP contribution in [0.25, 0.3) is 105 Å². The molecule has 1 aliphatic carbocycles. The van der Waals surface area contributed by atoms with Gasteiger partial charge in [-0.05, 0) is 188 Å². The number of hydrogen-bond donors (Lipinski definition) is 0. The van der Waals surface area contributed by atoms with Gasteiger partial charge >= 0.3 is 0 Å². The number of para-hydroxylation sites is 3. The second kappa shape index (κ2) is 16.1. The first-order valence-corrected chi connectivity index (χ1v) is 25.7.